The van der Waals surface area contributed by atoms with Crippen molar-refractivity contribution in [3.05, 3.63) is 51.7 Å². The molecule has 0 aliphatic rings. The molecule has 0 aliphatic heterocycles. The molecule has 0 aliphatic carbocycles. The summed E-state index contributed by atoms with van der Waals surface area (Å²) in [6, 6.07) is 9.04. The van der Waals surface area contributed by atoms with E-state index in [2.05, 4.69) is 48.1 Å². The Kier molecular flexibility index (Phi) is 5.79. The van der Waals surface area contributed by atoms with Crippen LogP contribution in [0.25, 0.3) is 0 Å². The third-order valence-corrected chi connectivity index (χ3v) is 4.35. The SMILES string of the molecule is COCc1cc(C(C)NC(C)c2ccsc2)ccc1OC. The van der Waals surface area contributed by atoms with E-state index in [1.807, 2.05) is 6.07 Å². The van der Waals surface area contributed by atoms with Crippen LogP contribution in [0.3, 0.4) is 0 Å². The van der Waals surface area contributed by atoms with E-state index in [1.165, 1.54) is 11.1 Å². The molecule has 0 bridgehead atoms. The first-order valence-corrected chi connectivity index (χ1v) is 8.04. The molecule has 0 spiro atoms. The molecule has 1 N–H and O–H groups in total. The summed E-state index contributed by atoms with van der Waals surface area (Å²) in [4.78, 5) is 0. The molecule has 2 unspecified atom stereocenters. The Bertz CT molecular complexity index is 554. The standard InChI is InChI=1S/C17H23NO2S/c1-12(18-13(2)15-7-8-21-11-15)14-5-6-17(20-4)16(9-14)10-19-3/h5-9,11-13,18H,10H2,1-4H3. The fourth-order valence-electron chi connectivity index (χ4n) is 2.42. The quantitative estimate of drug-likeness (QED) is 0.826. The van der Waals surface area contributed by atoms with Crippen LogP contribution in [0.1, 0.15) is 42.6 Å². The Morgan fingerprint density at radius 1 is 1.10 bits per heavy atom. The third-order valence-electron chi connectivity index (χ3n) is 3.65. The Labute approximate surface area is 130 Å². The van der Waals surface area contributed by atoms with Gasteiger partial charge in [0.2, 0.25) is 0 Å². The van der Waals surface area contributed by atoms with Crippen LogP contribution in [0.2, 0.25) is 0 Å². The lowest BCUT2D eigenvalue weighted by Crippen LogP contribution is -2.22. The van der Waals surface area contributed by atoms with E-state index in [4.69, 9.17) is 9.47 Å². The predicted octanol–water partition coefficient (Wildman–Crippen LogP) is 4.31. The molecule has 1 aromatic carbocycles. The van der Waals surface area contributed by atoms with Gasteiger partial charge in [-0.05, 0) is 53.9 Å². The van der Waals surface area contributed by atoms with Crippen LogP contribution < -0.4 is 10.1 Å². The fraction of sp³-hybridized carbons (Fsp3) is 0.412. The van der Waals surface area contributed by atoms with Gasteiger partial charge in [-0.25, -0.2) is 0 Å². The molecule has 2 aromatic rings. The Morgan fingerprint density at radius 3 is 2.48 bits per heavy atom. The first kappa shape index (κ1) is 16.0. The number of ether oxygens (including phenoxy) is 2. The van der Waals surface area contributed by atoms with Crippen molar-refractivity contribution >= 4 is 11.3 Å². The zero-order chi connectivity index (χ0) is 15.2. The van der Waals surface area contributed by atoms with Gasteiger partial charge in [-0.3, -0.25) is 0 Å². The number of methoxy groups -OCH3 is 2. The van der Waals surface area contributed by atoms with Crippen molar-refractivity contribution in [1.82, 2.24) is 5.32 Å². The van der Waals surface area contributed by atoms with Gasteiger partial charge in [0.05, 0.1) is 13.7 Å². The second-order valence-electron chi connectivity index (χ2n) is 5.17. The average Bonchev–Trinajstić information content (AvgIpc) is 3.01. The summed E-state index contributed by atoms with van der Waals surface area (Å²) in [5.41, 5.74) is 3.65. The Hall–Kier alpha value is -1.36. The van der Waals surface area contributed by atoms with E-state index >= 15 is 0 Å². The van der Waals surface area contributed by atoms with Crippen LogP contribution in [0.15, 0.2) is 35.0 Å². The highest BCUT2D eigenvalue weighted by Crippen LogP contribution is 2.26. The molecule has 4 heteroatoms. The second-order valence-corrected chi connectivity index (χ2v) is 5.95. The van der Waals surface area contributed by atoms with Gasteiger partial charge >= 0.3 is 0 Å². The predicted molar refractivity (Wildman–Crippen MR) is 88.0 cm³/mol. The molecule has 1 aromatic heterocycles. The smallest absolute Gasteiger partial charge is 0.124 e. The lowest BCUT2D eigenvalue weighted by molar-refractivity contribution is 0.181. The normalized spacial score (nSPS) is 13.9. The molecule has 3 nitrogen and oxygen atoms in total. The summed E-state index contributed by atoms with van der Waals surface area (Å²) in [5, 5.41) is 7.93. The van der Waals surface area contributed by atoms with Gasteiger partial charge < -0.3 is 14.8 Å². The lowest BCUT2D eigenvalue weighted by atomic mass is 10.0. The summed E-state index contributed by atoms with van der Waals surface area (Å²) in [5.74, 6) is 0.874. The summed E-state index contributed by atoms with van der Waals surface area (Å²) in [7, 11) is 3.39. The zero-order valence-corrected chi connectivity index (χ0v) is 13.9. The number of hydrogen-bond donors (Lipinski definition) is 1. The molecule has 0 saturated carbocycles. The summed E-state index contributed by atoms with van der Waals surface area (Å²) in [6.45, 7) is 4.93. The molecule has 2 atom stereocenters. The van der Waals surface area contributed by atoms with Crippen LogP contribution >= 0.6 is 11.3 Å². The van der Waals surface area contributed by atoms with E-state index < -0.39 is 0 Å². The molecule has 21 heavy (non-hydrogen) atoms. The number of rotatable bonds is 7. The molecule has 2 rings (SSSR count). The zero-order valence-electron chi connectivity index (χ0n) is 13.1. The largest absolute Gasteiger partial charge is 0.496 e. The van der Waals surface area contributed by atoms with Crippen LogP contribution in [0.5, 0.6) is 5.75 Å². The lowest BCUT2D eigenvalue weighted by Gasteiger charge is -2.21. The van der Waals surface area contributed by atoms with Gasteiger partial charge in [0, 0.05) is 24.8 Å². The Morgan fingerprint density at radius 2 is 1.86 bits per heavy atom. The maximum atomic E-state index is 5.37. The first-order valence-electron chi connectivity index (χ1n) is 7.09. The highest BCUT2D eigenvalue weighted by Gasteiger charge is 2.13. The van der Waals surface area contributed by atoms with E-state index in [1.54, 1.807) is 25.6 Å². The van der Waals surface area contributed by atoms with Crippen molar-refractivity contribution in [2.75, 3.05) is 14.2 Å². The highest BCUT2D eigenvalue weighted by atomic mass is 32.1. The number of nitrogens with one attached hydrogen (secondary N) is 1. The van der Waals surface area contributed by atoms with E-state index in [0.717, 1.165) is 11.3 Å². The Balaban J connectivity index is 2.11. The number of benzene rings is 1. The van der Waals surface area contributed by atoms with Gasteiger partial charge in [-0.2, -0.15) is 11.3 Å². The molecule has 0 fully saturated rings. The monoisotopic (exact) mass is 305 g/mol. The van der Waals surface area contributed by atoms with Crippen molar-refractivity contribution in [2.24, 2.45) is 0 Å². The first-order chi connectivity index (χ1) is 10.2. The minimum atomic E-state index is 0.265. The topological polar surface area (TPSA) is 30.5 Å². The second kappa shape index (κ2) is 7.59. The summed E-state index contributed by atoms with van der Waals surface area (Å²) < 4.78 is 10.6. The van der Waals surface area contributed by atoms with Crippen LogP contribution in [0, 0.1) is 0 Å². The van der Waals surface area contributed by atoms with Crippen molar-refractivity contribution in [3.8, 4) is 5.75 Å². The van der Waals surface area contributed by atoms with Crippen LogP contribution in [0.4, 0.5) is 0 Å². The molecule has 114 valence electrons. The van der Waals surface area contributed by atoms with Crippen molar-refractivity contribution < 1.29 is 9.47 Å². The maximum absolute atomic E-state index is 5.37. The van der Waals surface area contributed by atoms with Crippen molar-refractivity contribution in [1.29, 1.82) is 0 Å². The van der Waals surface area contributed by atoms with Gasteiger partial charge in [0.25, 0.3) is 0 Å². The van der Waals surface area contributed by atoms with E-state index in [0.29, 0.717) is 12.6 Å². The third kappa shape index (κ3) is 4.06. The van der Waals surface area contributed by atoms with Gasteiger partial charge in [0.1, 0.15) is 5.75 Å². The number of thiophene rings is 1. The molecule has 1 heterocycles. The van der Waals surface area contributed by atoms with Crippen LogP contribution in [-0.4, -0.2) is 14.2 Å². The fourth-order valence-corrected chi connectivity index (χ4v) is 3.18. The van der Waals surface area contributed by atoms with Crippen molar-refractivity contribution in [2.45, 2.75) is 32.5 Å². The van der Waals surface area contributed by atoms with E-state index in [9.17, 15) is 0 Å². The van der Waals surface area contributed by atoms with Gasteiger partial charge in [0.15, 0.2) is 0 Å². The minimum Gasteiger partial charge on any atom is -0.496 e. The molecular weight excluding hydrogens is 282 g/mol. The molecule has 0 saturated heterocycles. The molecule has 0 radical (unpaired) electrons. The van der Waals surface area contributed by atoms with E-state index in [-0.39, 0.29) is 6.04 Å². The van der Waals surface area contributed by atoms with Crippen LogP contribution in [-0.2, 0) is 11.3 Å². The summed E-state index contributed by atoms with van der Waals surface area (Å²) in [6.07, 6.45) is 0. The van der Waals surface area contributed by atoms with Gasteiger partial charge in [-0.15, -0.1) is 0 Å². The van der Waals surface area contributed by atoms with Gasteiger partial charge in [-0.1, -0.05) is 6.07 Å². The van der Waals surface area contributed by atoms with Crippen molar-refractivity contribution in [3.63, 3.8) is 0 Å². The highest BCUT2D eigenvalue weighted by molar-refractivity contribution is 7.07. The molecular formula is C17H23NO2S. The minimum absolute atomic E-state index is 0.265. The summed E-state index contributed by atoms with van der Waals surface area (Å²) >= 11 is 1.73. The molecule has 0 amide bonds. The number of hydrogen-bond acceptors (Lipinski definition) is 4. The average molecular weight is 305 g/mol. The maximum Gasteiger partial charge on any atom is 0.124 e.